The number of hydrogen-bond acceptors (Lipinski definition) is 5. The molecule has 0 saturated carbocycles. The Morgan fingerprint density at radius 3 is 3.13 bits per heavy atom. The number of aryl methyl sites for hydroxylation is 1. The Kier molecular flexibility index (Phi) is 3.13. The summed E-state index contributed by atoms with van der Waals surface area (Å²) >= 11 is 1.59. The van der Waals surface area contributed by atoms with E-state index < -0.39 is 0 Å². The molecule has 2 rings (SSSR count). The standard InChI is InChI=1S/C10H13N3OS/c1-14-5-2-3-8-12-9(11)7-4-6-15-10(7)13-8/h4,6H,2-3,5H2,1H3,(H2,11,12,13). The largest absolute Gasteiger partial charge is 0.385 e. The first-order chi connectivity index (χ1) is 7.31. The summed E-state index contributed by atoms with van der Waals surface area (Å²) in [6.07, 6.45) is 1.73. The van der Waals surface area contributed by atoms with Crippen LogP contribution in [0.1, 0.15) is 12.2 Å². The zero-order valence-electron chi connectivity index (χ0n) is 8.56. The van der Waals surface area contributed by atoms with Crippen molar-refractivity contribution in [2.45, 2.75) is 12.8 Å². The molecule has 0 aliphatic heterocycles. The van der Waals surface area contributed by atoms with Crippen molar-refractivity contribution in [3.05, 3.63) is 17.3 Å². The van der Waals surface area contributed by atoms with E-state index >= 15 is 0 Å². The van der Waals surface area contributed by atoms with Gasteiger partial charge in [0.25, 0.3) is 0 Å². The van der Waals surface area contributed by atoms with E-state index in [-0.39, 0.29) is 0 Å². The van der Waals surface area contributed by atoms with E-state index in [4.69, 9.17) is 10.5 Å². The number of anilines is 1. The summed E-state index contributed by atoms with van der Waals surface area (Å²) in [7, 11) is 1.69. The quantitative estimate of drug-likeness (QED) is 0.803. The molecule has 2 aromatic rings. The first kappa shape index (κ1) is 10.3. The molecule has 0 radical (unpaired) electrons. The van der Waals surface area contributed by atoms with Crippen LogP contribution in [0.5, 0.6) is 0 Å². The molecule has 0 saturated heterocycles. The maximum atomic E-state index is 5.83. The van der Waals surface area contributed by atoms with Crippen molar-refractivity contribution in [1.82, 2.24) is 9.97 Å². The Bertz CT molecular complexity index is 455. The van der Waals surface area contributed by atoms with Gasteiger partial charge in [-0.3, -0.25) is 0 Å². The highest BCUT2D eigenvalue weighted by atomic mass is 32.1. The van der Waals surface area contributed by atoms with Crippen LogP contribution in [0.2, 0.25) is 0 Å². The normalized spacial score (nSPS) is 11.0. The first-order valence-corrected chi connectivity index (χ1v) is 5.68. The number of rotatable bonds is 4. The molecular weight excluding hydrogens is 210 g/mol. The molecule has 15 heavy (non-hydrogen) atoms. The molecule has 0 aromatic carbocycles. The van der Waals surface area contributed by atoms with Gasteiger partial charge in [-0.05, 0) is 17.9 Å². The minimum atomic E-state index is 0.577. The summed E-state index contributed by atoms with van der Waals surface area (Å²) < 4.78 is 4.98. The molecule has 2 heterocycles. The van der Waals surface area contributed by atoms with Gasteiger partial charge in [-0.15, -0.1) is 11.3 Å². The molecule has 2 N–H and O–H groups in total. The van der Waals surface area contributed by atoms with Crippen LogP contribution in [0.3, 0.4) is 0 Å². The van der Waals surface area contributed by atoms with Gasteiger partial charge in [-0.1, -0.05) is 0 Å². The number of ether oxygens (including phenoxy) is 1. The molecular formula is C10H13N3OS. The van der Waals surface area contributed by atoms with Crippen molar-refractivity contribution in [2.75, 3.05) is 19.5 Å². The summed E-state index contributed by atoms with van der Waals surface area (Å²) in [4.78, 5) is 9.67. The number of methoxy groups -OCH3 is 1. The van der Waals surface area contributed by atoms with Crippen LogP contribution in [0.15, 0.2) is 11.4 Å². The van der Waals surface area contributed by atoms with Crippen LogP contribution >= 0.6 is 11.3 Å². The SMILES string of the molecule is COCCCc1nc(N)c2ccsc2n1. The Hall–Kier alpha value is -1.20. The predicted molar refractivity (Wildman–Crippen MR) is 62.0 cm³/mol. The lowest BCUT2D eigenvalue weighted by Gasteiger charge is -2.01. The van der Waals surface area contributed by atoms with Gasteiger partial charge in [0.05, 0.1) is 5.39 Å². The van der Waals surface area contributed by atoms with Gasteiger partial charge in [0.15, 0.2) is 0 Å². The number of aromatic nitrogens is 2. The molecule has 0 amide bonds. The van der Waals surface area contributed by atoms with E-state index in [1.54, 1.807) is 18.4 Å². The average molecular weight is 223 g/mol. The third-order valence-electron chi connectivity index (χ3n) is 2.15. The molecule has 0 unspecified atom stereocenters. The lowest BCUT2D eigenvalue weighted by molar-refractivity contribution is 0.194. The topological polar surface area (TPSA) is 61.0 Å². The fourth-order valence-electron chi connectivity index (χ4n) is 1.41. The lowest BCUT2D eigenvalue weighted by Crippen LogP contribution is -2.01. The molecule has 2 aromatic heterocycles. The first-order valence-electron chi connectivity index (χ1n) is 4.80. The van der Waals surface area contributed by atoms with Gasteiger partial charge in [0, 0.05) is 20.1 Å². The second-order valence-electron chi connectivity index (χ2n) is 3.26. The molecule has 0 bridgehead atoms. The summed E-state index contributed by atoms with van der Waals surface area (Å²) in [6.45, 7) is 0.728. The monoisotopic (exact) mass is 223 g/mol. The van der Waals surface area contributed by atoms with E-state index in [0.717, 1.165) is 35.5 Å². The number of fused-ring (bicyclic) bond motifs is 1. The fourth-order valence-corrected chi connectivity index (χ4v) is 2.20. The summed E-state index contributed by atoms with van der Waals surface area (Å²) in [5.41, 5.74) is 5.83. The lowest BCUT2D eigenvalue weighted by atomic mass is 10.3. The minimum Gasteiger partial charge on any atom is -0.385 e. The van der Waals surface area contributed by atoms with Crippen LogP contribution in [0, 0.1) is 0 Å². The number of thiophene rings is 1. The smallest absolute Gasteiger partial charge is 0.135 e. The van der Waals surface area contributed by atoms with Crippen LogP contribution in [-0.2, 0) is 11.2 Å². The molecule has 5 heteroatoms. The molecule has 0 aliphatic rings. The van der Waals surface area contributed by atoms with Gasteiger partial charge in [-0.2, -0.15) is 0 Å². The maximum absolute atomic E-state index is 5.83. The predicted octanol–water partition coefficient (Wildman–Crippen LogP) is 1.85. The van der Waals surface area contributed by atoms with Gasteiger partial charge in [-0.25, -0.2) is 9.97 Å². The number of nitrogen functional groups attached to an aromatic ring is 1. The summed E-state index contributed by atoms with van der Waals surface area (Å²) in [6, 6.07) is 1.95. The fraction of sp³-hybridized carbons (Fsp3) is 0.400. The Balaban J connectivity index is 2.21. The summed E-state index contributed by atoms with van der Waals surface area (Å²) in [5.74, 6) is 1.38. The molecule has 0 aliphatic carbocycles. The molecule has 0 spiro atoms. The zero-order chi connectivity index (χ0) is 10.7. The highest BCUT2D eigenvalue weighted by Crippen LogP contribution is 2.22. The van der Waals surface area contributed by atoms with Gasteiger partial charge in [0.2, 0.25) is 0 Å². The third-order valence-corrected chi connectivity index (χ3v) is 2.96. The Morgan fingerprint density at radius 1 is 1.47 bits per heavy atom. The van der Waals surface area contributed by atoms with Gasteiger partial charge in [0.1, 0.15) is 16.5 Å². The van der Waals surface area contributed by atoms with Crippen LogP contribution in [0.4, 0.5) is 5.82 Å². The van der Waals surface area contributed by atoms with Crippen molar-refractivity contribution in [3.63, 3.8) is 0 Å². The zero-order valence-corrected chi connectivity index (χ0v) is 9.38. The second kappa shape index (κ2) is 4.55. The average Bonchev–Trinajstić information content (AvgIpc) is 2.66. The van der Waals surface area contributed by atoms with E-state index in [1.807, 2.05) is 11.4 Å². The molecule has 0 atom stereocenters. The van der Waals surface area contributed by atoms with E-state index in [2.05, 4.69) is 9.97 Å². The highest BCUT2D eigenvalue weighted by Gasteiger charge is 2.05. The second-order valence-corrected chi connectivity index (χ2v) is 4.16. The maximum Gasteiger partial charge on any atom is 0.135 e. The van der Waals surface area contributed by atoms with Crippen molar-refractivity contribution < 1.29 is 4.74 Å². The van der Waals surface area contributed by atoms with E-state index in [0.29, 0.717) is 5.82 Å². The van der Waals surface area contributed by atoms with Crippen molar-refractivity contribution >= 4 is 27.4 Å². The van der Waals surface area contributed by atoms with Crippen LogP contribution in [-0.4, -0.2) is 23.7 Å². The Labute approximate surface area is 92.1 Å². The van der Waals surface area contributed by atoms with Crippen molar-refractivity contribution in [2.24, 2.45) is 0 Å². The Morgan fingerprint density at radius 2 is 2.33 bits per heavy atom. The van der Waals surface area contributed by atoms with E-state index in [9.17, 15) is 0 Å². The number of nitrogens with two attached hydrogens (primary N) is 1. The highest BCUT2D eigenvalue weighted by molar-refractivity contribution is 7.16. The van der Waals surface area contributed by atoms with Gasteiger partial charge < -0.3 is 10.5 Å². The van der Waals surface area contributed by atoms with Crippen molar-refractivity contribution in [1.29, 1.82) is 0 Å². The van der Waals surface area contributed by atoms with E-state index in [1.165, 1.54) is 0 Å². The van der Waals surface area contributed by atoms with Crippen molar-refractivity contribution in [3.8, 4) is 0 Å². The summed E-state index contributed by atoms with van der Waals surface area (Å²) in [5, 5.41) is 2.93. The van der Waals surface area contributed by atoms with Crippen LogP contribution < -0.4 is 5.73 Å². The third kappa shape index (κ3) is 2.24. The van der Waals surface area contributed by atoms with Gasteiger partial charge >= 0.3 is 0 Å². The molecule has 80 valence electrons. The molecule has 0 fully saturated rings. The molecule has 4 nitrogen and oxygen atoms in total. The van der Waals surface area contributed by atoms with Crippen LogP contribution in [0.25, 0.3) is 10.2 Å². The number of nitrogens with zero attached hydrogens (tertiary/aromatic N) is 2. The minimum absolute atomic E-state index is 0.577. The number of hydrogen-bond donors (Lipinski definition) is 1.